The minimum Gasteiger partial charge on any atom is -0.347 e. The number of nitrogens with one attached hydrogen (secondary N) is 1. The Morgan fingerprint density at radius 2 is 1.94 bits per heavy atom. The van der Waals surface area contributed by atoms with Crippen molar-refractivity contribution in [1.29, 1.82) is 0 Å². The molecule has 1 amide bonds. The summed E-state index contributed by atoms with van der Waals surface area (Å²) < 4.78 is 0. The molecule has 0 saturated heterocycles. The second-order valence-corrected chi connectivity index (χ2v) is 4.89. The number of carbonyl (C=O) groups excluding carboxylic acids is 1. The van der Waals surface area contributed by atoms with Crippen molar-refractivity contribution in [2.24, 2.45) is 0 Å². The molecule has 0 aromatic carbocycles. The molecule has 2 aromatic rings. The van der Waals surface area contributed by atoms with Crippen LogP contribution in [0.1, 0.15) is 27.0 Å². The standard InChI is InChI=1S/C13H14N2OS/c1-2-11-3-4-12(17-11)9-15-13(16)10-5-7-14-8-6-10/h3-8H,2,9H2,1H3,(H,15,16). The van der Waals surface area contributed by atoms with Crippen LogP contribution in [-0.2, 0) is 13.0 Å². The molecule has 0 unspecified atom stereocenters. The van der Waals surface area contributed by atoms with Crippen LogP contribution >= 0.6 is 11.3 Å². The molecule has 0 saturated carbocycles. The van der Waals surface area contributed by atoms with Gasteiger partial charge in [-0.3, -0.25) is 9.78 Å². The fourth-order valence-electron chi connectivity index (χ4n) is 1.48. The zero-order valence-corrected chi connectivity index (χ0v) is 10.5. The maximum atomic E-state index is 11.8. The molecule has 3 nitrogen and oxygen atoms in total. The molecule has 2 aromatic heterocycles. The minimum absolute atomic E-state index is 0.0566. The van der Waals surface area contributed by atoms with Crippen molar-refractivity contribution in [3.8, 4) is 0 Å². The van der Waals surface area contributed by atoms with E-state index in [2.05, 4.69) is 29.4 Å². The lowest BCUT2D eigenvalue weighted by atomic mass is 10.2. The highest BCUT2D eigenvalue weighted by molar-refractivity contribution is 7.11. The summed E-state index contributed by atoms with van der Waals surface area (Å²) in [7, 11) is 0. The quantitative estimate of drug-likeness (QED) is 0.901. The van der Waals surface area contributed by atoms with Gasteiger partial charge in [-0.25, -0.2) is 0 Å². The maximum Gasteiger partial charge on any atom is 0.251 e. The molecule has 0 atom stereocenters. The van der Waals surface area contributed by atoms with Gasteiger partial charge in [0.1, 0.15) is 0 Å². The number of aromatic nitrogens is 1. The molecule has 88 valence electrons. The lowest BCUT2D eigenvalue weighted by Gasteiger charge is -2.02. The highest BCUT2D eigenvalue weighted by Crippen LogP contribution is 2.16. The average Bonchev–Trinajstić information content (AvgIpc) is 2.85. The molecule has 0 aliphatic carbocycles. The van der Waals surface area contributed by atoms with E-state index in [4.69, 9.17) is 0 Å². The Bertz CT molecular complexity index is 493. The number of nitrogens with zero attached hydrogens (tertiary/aromatic N) is 1. The average molecular weight is 246 g/mol. The summed E-state index contributed by atoms with van der Waals surface area (Å²) in [5.74, 6) is -0.0566. The fourth-order valence-corrected chi connectivity index (χ4v) is 2.38. The molecule has 1 N–H and O–H groups in total. The Kier molecular flexibility index (Phi) is 3.88. The molecule has 17 heavy (non-hydrogen) atoms. The fraction of sp³-hybridized carbons (Fsp3) is 0.231. The smallest absolute Gasteiger partial charge is 0.251 e. The molecular weight excluding hydrogens is 232 g/mol. The van der Waals surface area contributed by atoms with Crippen LogP contribution in [0.15, 0.2) is 36.7 Å². The molecule has 2 heterocycles. The number of hydrogen-bond acceptors (Lipinski definition) is 3. The summed E-state index contributed by atoms with van der Waals surface area (Å²) in [6.07, 6.45) is 4.29. The van der Waals surface area contributed by atoms with Crippen molar-refractivity contribution < 1.29 is 4.79 Å². The second kappa shape index (κ2) is 5.59. The molecule has 0 radical (unpaired) electrons. The van der Waals surface area contributed by atoms with Crippen LogP contribution in [0.4, 0.5) is 0 Å². The first-order valence-electron chi connectivity index (χ1n) is 5.55. The van der Waals surface area contributed by atoms with Gasteiger partial charge in [0.25, 0.3) is 5.91 Å². The van der Waals surface area contributed by atoms with E-state index in [0.717, 1.165) is 6.42 Å². The van der Waals surface area contributed by atoms with Crippen LogP contribution in [0.25, 0.3) is 0 Å². The van der Waals surface area contributed by atoms with Crippen molar-refractivity contribution in [2.45, 2.75) is 19.9 Å². The zero-order valence-electron chi connectivity index (χ0n) is 9.64. The largest absolute Gasteiger partial charge is 0.347 e. The summed E-state index contributed by atoms with van der Waals surface area (Å²) in [6, 6.07) is 7.59. The molecule has 0 aliphatic heterocycles. The molecular formula is C13H14N2OS. The number of aryl methyl sites for hydroxylation is 1. The van der Waals surface area contributed by atoms with Gasteiger partial charge in [-0.05, 0) is 30.7 Å². The summed E-state index contributed by atoms with van der Waals surface area (Å²) in [6.45, 7) is 2.72. The van der Waals surface area contributed by atoms with Gasteiger partial charge in [0, 0.05) is 27.7 Å². The van der Waals surface area contributed by atoms with E-state index in [1.165, 1.54) is 9.75 Å². The van der Waals surface area contributed by atoms with Crippen molar-refractivity contribution in [3.05, 3.63) is 52.0 Å². The van der Waals surface area contributed by atoms with Gasteiger partial charge in [-0.2, -0.15) is 0 Å². The Balaban J connectivity index is 1.92. The van der Waals surface area contributed by atoms with Crippen LogP contribution in [0.5, 0.6) is 0 Å². The van der Waals surface area contributed by atoms with E-state index in [1.54, 1.807) is 35.9 Å². The third kappa shape index (κ3) is 3.14. The van der Waals surface area contributed by atoms with E-state index in [0.29, 0.717) is 12.1 Å². The topological polar surface area (TPSA) is 42.0 Å². The predicted molar refractivity (Wildman–Crippen MR) is 69.1 cm³/mol. The Morgan fingerprint density at radius 3 is 2.59 bits per heavy atom. The molecule has 2 rings (SSSR count). The highest BCUT2D eigenvalue weighted by Gasteiger charge is 2.05. The van der Waals surface area contributed by atoms with Gasteiger partial charge in [-0.1, -0.05) is 6.92 Å². The minimum atomic E-state index is -0.0566. The SMILES string of the molecule is CCc1ccc(CNC(=O)c2ccncc2)s1. The van der Waals surface area contributed by atoms with Crippen LogP contribution < -0.4 is 5.32 Å². The molecule has 0 aliphatic rings. The van der Waals surface area contributed by atoms with Crippen molar-refractivity contribution >= 4 is 17.2 Å². The number of carbonyl (C=O) groups is 1. The first kappa shape index (κ1) is 11.8. The van der Waals surface area contributed by atoms with E-state index in [1.807, 2.05) is 0 Å². The van der Waals surface area contributed by atoms with E-state index < -0.39 is 0 Å². The zero-order chi connectivity index (χ0) is 12.1. The van der Waals surface area contributed by atoms with Crippen molar-refractivity contribution in [3.63, 3.8) is 0 Å². The lowest BCUT2D eigenvalue weighted by molar-refractivity contribution is 0.0951. The van der Waals surface area contributed by atoms with Crippen LogP contribution in [0.2, 0.25) is 0 Å². The summed E-state index contributed by atoms with van der Waals surface area (Å²) in [5, 5.41) is 2.90. The molecule has 0 spiro atoms. The lowest BCUT2D eigenvalue weighted by Crippen LogP contribution is -2.22. The van der Waals surface area contributed by atoms with Gasteiger partial charge in [0.2, 0.25) is 0 Å². The molecule has 0 fully saturated rings. The van der Waals surface area contributed by atoms with Crippen LogP contribution in [0, 0.1) is 0 Å². The van der Waals surface area contributed by atoms with Gasteiger partial charge < -0.3 is 5.32 Å². The highest BCUT2D eigenvalue weighted by atomic mass is 32.1. The number of amides is 1. The number of pyridine rings is 1. The number of rotatable bonds is 4. The predicted octanol–water partition coefficient (Wildman–Crippen LogP) is 2.64. The second-order valence-electron chi connectivity index (χ2n) is 3.64. The van der Waals surface area contributed by atoms with Gasteiger partial charge in [0.05, 0.1) is 6.54 Å². The maximum absolute atomic E-state index is 11.8. The first-order valence-corrected chi connectivity index (χ1v) is 6.37. The number of thiophene rings is 1. The Hall–Kier alpha value is -1.68. The summed E-state index contributed by atoms with van der Waals surface area (Å²) in [5.41, 5.74) is 0.646. The van der Waals surface area contributed by atoms with Gasteiger partial charge >= 0.3 is 0 Å². The van der Waals surface area contributed by atoms with Crippen molar-refractivity contribution in [2.75, 3.05) is 0 Å². The summed E-state index contributed by atoms with van der Waals surface area (Å²) in [4.78, 5) is 18.2. The van der Waals surface area contributed by atoms with Crippen molar-refractivity contribution in [1.82, 2.24) is 10.3 Å². The Labute approximate surface area is 105 Å². The number of hydrogen-bond donors (Lipinski definition) is 1. The third-order valence-electron chi connectivity index (χ3n) is 2.43. The van der Waals surface area contributed by atoms with E-state index >= 15 is 0 Å². The first-order chi connectivity index (χ1) is 8.29. The van der Waals surface area contributed by atoms with Crippen LogP contribution in [0.3, 0.4) is 0 Å². The normalized spacial score (nSPS) is 10.2. The van der Waals surface area contributed by atoms with E-state index in [-0.39, 0.29) is 5.91 Å². The molecule has 4 heteroatoms. The third-order valence-corrected chi connectivity index (χ3v) is 3.66. The molecule has 0 bridgehead atoms. The van der Waals surface area contributed by atoms with Gasteiger partial charge in [-0.15, -0.1) is 11.3 Å². The van der Waals surface area contributed by atoms with Gasteiger partial charge in [0.15, 0.2) is 0 Å². The van der Waals surface area contributed by atoms with Crippen LogP contribution in [-0.4, -0.2) is 10.9 Å². The summed E-state index contributed by atoms with van der Waals surface area (Å²) >= 11 is 1.74. The monoisotopic (exact) mass is 246 g/mol. The Morgan fingerprint density at radius 1 is 1.24 bits per heavy atom. The van der Waals surface area contributed by atoms with E-state index in [9.17, 15) is 4.79 Å².